The first-order valence-electron chi connectivity index (χ1n) is 4.32. The van der Waals surface area contributed by atoms with Crippen LogP contribution in [-0.4, -0.2) is 71.0 Å². The molecule has 0 aliphatic heterocycles. The van der Waals surface area contributed by atoms with Gasteiger partial charge in [0.15, 0.2) is 12.4 Å². The Morgan fingerprint density at radius 1 is 1.44 bits per heavy atom. The van der Waals surface area contributed by atoms with E-state index in [-0.39, 0.29) is 6.29 Å². The molecule has 0 radical (unpaired) electrons. The van der Waals surface area contributed by atoms with Gasteiger partial charge < -0.3 is 29.9 Å². The predicted molar refractivity (Wildman–Crippen MR) is 48.9 cm³/mol. The Labute approximate surface area is 91.0 Å². The van der Waals surface area contributed by atoms with Gasteiger partial charge in [-0.05, 0) is 0 Å². The number of carbonyl (C=O) groups excluding carboxylic acids is 1. The van der Waals surface area contributed by atoms with Crippen molar-refractivity contribution in [2.24, 2.45) is 0 Å². The van der Waals surface area contributed by atoms with Gasteiger partial charge in [0, 0.05) is 7.11 Å². The van der Waals surface area contributed by atoms with Crippen molar-refractivity contribution in [1.82, 2.24) is 0 Å². The fourth-order valence-electron chi connectivity index (χ4n) is 1.08. The first-order valence-corrected chi connectivity index (χ1v) is 4.32. The van der Waals surface area contributed by atoms with Crippen molar-refractivity contribution in [3.63, 3.8) is 0 Å². The molecule has 4 N–H and O–H groups in total. The molecule has 0 fully saturated rings. The maximum Gasteiger partial charge on any atom is 0.506 e. The second-order valence-corrected chi connectivity index (χ2v) is 2.93. The lowest BCUT2D eigenvalue weighted by atomic mass is 10.0. The van der Waals surface area contributed by atoms with Crippen molar-refractivity contribution in [3.8, 4) is 0 Å². The lowest BCUT2D eigenvalue weighted by Gasteiger charge is -2.27. The number of aldehydes is 1. The van der Waals surface area contributed by atoms with E-state index in [2.05, 4.69) is 9.47 Å². The van der Waals surface area contributed by atoms with E-state index in [1.807, 2.05) is 0 Å². The number of methoxy groups -OCH3 is 1. The van der Waals surface area contributed by atoms with Crippen molar-refractivity contribution in [2.45, 2.75) is 24.4 Å². The summed E-state index contributed by atoms with van der Waals surface area (Å²) in [4.78, 5) is 20.8. The fourth-order valence-corrected chi connectivity index (χ4v) is 1.08. The Hall–Kier alpha value is -1.22. The quantitative estimate of drug-likeness (QED) is 0.295. The number of rotatable bonds is 7. The van der Waals surface area contributed by atoms with Crippen LogP contribution in [0.25, 0.3) is 0 Å². The van der Waals surface area contributed by atoms with Gasteiger partial charge in [0.2, 0.25) is 0 Å². The maximum atomic E-state index is 10.5. The molecule has 0 aromatic rings. The highest BCUT2D eigenvalue weighted by Crippen LogP contribution is 2.10. The third-order valence-corrected chi connectivity index (χ3v) is 1.88. The number of carbonyl (C=O) groups is 2. The molecule has 0 unspecified atom stereocenters. The Bertz CT molecular complexity index is 230. The second-order valence-electron chi connectivity index (χ2n) is 2.93. The average molecular weight is 238 g/mol. The molecule has 16 heavy (non-hydrogen) atoms. The number of hydrogen-bond donors (Lipinski definition) is 4. The summed E-state index contributed by atoms with van der Waals surface area (Å²) >= 11 is 0. The highest BCUT2D eigenvalue weighted by Gasteiger charge is 2.35. The molecule has 0 bridgehead atoms. The molecule has 0 spiro atoms. The highest BCUT2D eigenvalue weighted by molar-refractivity contribution is 5.65. The van der Waals surface area contributed by atoms with Gasteiger partial charge in [-0.15, -0.1) is 0 Å². The van der Waals surface area contributed by atoms with Gasteiger partial charge in [-0.25, -0.2) is 4.79 Å². The van der Waals surface area contributed by atoms with Crippen LogP contribution >= 0.6 is 0 Å². The largest absolute Gasteiger partial charge is 0.506 e. The first-order chi connectivity index (χ1) is 7.47. The molecule has 0 aliphatic carbocycles. The summed E-state index contributed by atoms with van der Waals surface area (Å²) in [6.07, 6.45) is -7.79. The second kappa shape index (κ2) is 7.12. The third kappa shape index (κ3) is 4.11. The minimum atomic E-state index is -1.72. The van der Waals surface area contributed by atoms with Crippen molar-refractivity contribution >= 4 is 12.4 Å². The Kier molecular flexibility index (Phi) is 6.58. The normalized spacial score (nSPS) is 18.2. The van der Waals surface area contributed by atoms with E-state index >= 15 is 0 Å². The lowest BCUT2D eigenvalue weighted by molar-refractivity contribution is -0.146. The summed E-state index contributed by atoms with van der Waals surface area (Å²) in [6.45, 7) is -0.764. The van der Waals surface area contributed by atoms with Gasteiger partial charge in [0.25, 0.3) is 0 Å². The van der Waals surface area contributed by atoms with E-state index in [4.69, 9.17) is 15.3 Å². The van der Waals surface area contributed by atoms with Gasteiger partial charge in [0.1, 0.15) is 18.3 Å². The molecule has 94 valence electrons. The zero-order chi connectivity index (χ0) is 12.7. The van der Waals surface area contributed by atoms with E-state index in [0.717, 1.165) is 7.11 Å². The van der Waals surface area contributed by atoms with E-state index in [9.17, 15) is 14.7 Å². The van der Waals surface area contributed by atoms with Crippen LogP contribution in [0.3, 0.4) is 0 Å². The summed E-state index contributed by atoms with van der Waals surface area (Å²) in [5.74, 6) is 0. The SMILES string of the molecule is CO[C@@H]([C@H](O)[C@H](O)CO)[C@H](C=O)OC(=O)O. The average Bonchev–Trinajstić information content (AvgIpc) is 2.26. The molecule has 0 saturated carbocycles. The maximum absolute atomic E-state index is 10.5. The molecular formula is C8H14O8. The van der Waals surface area contributed by atoms with Crippen molar-refractivity contribution in [2.75, 3.05) is 13.7 Å². The molecule has 8 nitrogen and oxygen atoms in total. The first kappa shape index (κ1) is 14.8. The molecule has 0 aliphatic rings. The van der Waals surface area contributed by atoms with Crippen LogP contribution in [0.4, 0.5) is 4.79 Å². The van der Waals surface area contributed by atoms with E-state index in [0.29, 0.717) is 0 Å². The molecule has 0 rings (SSSR count). The van der Waals surface area contributed by atoms with E-state index in [1.165, 1.54) is 0 Å². The summed E-state index contributed by atoms with van der Waals surface area (Å²) in [5, 5.41) is 35.4. The Morgan fingerprint density at radius 3 is 2.31 bits per heavy atom. The van der Waals surface area contributed by atoms with E-state index < -0.39 is 37.2 Å². The number of aliphatic hydroxyl groups excluding tert-OH is 3. The molecule has 0 aromatic carbocycles. The molecule has 0 heterocycles. The van der Waals surface area contributed by atoms with Crippen molar-refractivity contribution in [1.29, 1.82) is 0 Å². The smallest absolute Gasteiger partial charge is 0.450 e. The minimum Gasteiger partial charge on any atom is -0.450 e. The molecule has 0 amide bonds. The zero-order valence-corrected chi connectivity index (χ0v) is 8.52. The van der Waals surface area contributed by atoms with Crippen LogP contribution in [0, 0.1) is 0 Å². The fraction of sp³-hybridized carbons (Fsp3) is 0.750. The number of carboxylic acid groups (broad SMARTS) is 1. The molecule has 4 atom stereocenters. The molecule has 8 heteroatoms. The summed E-state index contributed by atoms with van der Waals surface area (Å²) in [7, 11) is 1.10. The van der Waals surface area contributed by atoms with Crippen LogP contribution in [0.2, 0.25) is 0 Å². The van der Waals surface area contributed by atoms with Crippen molar-refractivity contribution in [3.05, 3.63) is 0 Å². The third-order valence-electron chi connectivity index (χ3n) is 1.88. The minimum absolute atomic E-state index is 0.121. The Balaban J connectivity index is 4.65. The number of aliphatic hydroxyl groups is 3. The Morgan fingerprint density at radius 2 is 2.00 bits per heavy atom. The van der Waals surface area contributed by atoms with Gasteiger partial charge in [-0.2, -0.15) is 0 Å². The number of ether oxygens (including phenoxy) is 2. The van der Waals surface area contributed by atoms with Gasteiger partial charge >= 0.3 is 6.16 Å². The molecular weight excluding hydrogens is 224 g/mol. The summed E-state index contributed by atoms with van der Waals surface area (Å²) in [5.41, 5.74) is 0. The van der Waals surface area contributed by atoms with Crippen LogP contribution in [0.1, 0.15) is 0 Å². The van der Waals surface area contributed by atoms with Crippen LogP contribution in [0.5, 0.6) is 0 Å². The van der Waals surface area contributed by atoms with Crippen LogP contribution < -0.4 is 0 Å². The lowest BCUT2D eigenvalue weighted by Crippen LogP contribution is -2.49. The van der Waals surface area contributed by atoms with Crippen LogP contribution in [-0.2, 0) is 14.3 Å². The van der Waals surface area contributed by atoms with Gasteiger partial charge in [-0.3, -0.25) is 4.79 Å². The summed E-state index contributed by atoms with van der Waals surface area (Å²) in [6, 6.07) is 0. The standard InChI is InChI=1S/C8H14O8/c1-15-7(6(12)4(11)2-9)5(3-10)16-8(13)14/h3-7,9,11-12H,2H2,1H3,(H,13,14)/t4-,5+,6-,7-/m1/s1. The zero-order valence-electron chi connectivity index (χ0n) is 8.52. The van der Waals surface area contributed by atoms with Gasteiger partial charge in [0.05, 0.1) is 6.61 Å². The number of hydrogen-bond acceptors (Lipinski definition) is 7. The molecule has 0 aromatic heterocycles. The topological polar surface area (TPSA) is 134 Å². The van der Waals surface area contributed by atoms with Gasteiger partial charge in [-0.1, -0.05) is 0 Å². The van der Waals surface area contributed by atoms with E-state index in [1.54, 1.807) is 0 Å². The van der Waals surface area contributed by atoms with Crippen molar-refractivity contribution < 1.29 is 39.5 Å². The highest BCUT2D eigenvalue weighted by atomic mass is 16.7. The predicted octanol–water partition coefficient (Wildman–Crippen LogP) is -2.02. The monoisotopic (exact) mass is 238 g/mol. The summed E-state index contributed by atoms with van der Waals surface area (Å²) < 4.78 is 8.79. The van der Waals surface area contributed by atoms with Crippen LogP contribution in [0.15, 0.2) is 0 Å². The molecule has 0 saturated heterocycles.